The summed E-state index contributed by atoms with van der Waals surface area (Å²) in [4.78, 5) is 26.8. The molecule has 8 bridgehead atoms. The number of nitrogens with zero attached hydrogens (tertiary/aromatic N) is 1. The second-order valence-electron chi connectivity index (χ2n) is 15.2. The molecule has 0 radical (unpaired) electrons. The SMILES string of the molecule is ClC(Cl)Cl.NC1CCOCC1.O=C(NC1CCOCC1)NC12CC3CC(CC(C3)C1)C2.O=C=NC12CC3CC(CC(C3)C1)C2. The molecule has 8 aliphatic carbocycles. The van der Waals surface area contributed by atoms with Crippen LogP contribution in [0, 0.1) is 35.5 Å². The Balaban J connectivity index is 0.000000137. The number of halogens is 3. The van der Waals surface area contributed by atoms with Crippen LogP contribution in [0.4, 0.5) is 4.79 Å². The van der Waals surface area contributed by atoms with Crippen LogP contribution in [-0.2, 0) is 14.3 Å². The Kier molecular flexibility index (Phi) is 12.6. The summed E-state index contributed by atoms with van der Waals surface area (Å²) in [5, 5.41) is 6.54. The smallest absolute Gasteiger partial charge is 0.315 e. The highest BCUT2D eigenvalue weighted by atomic mass is 35.6. The Labute approximate surface area is 278 Å². The lowest BCUT2D eigenvalue weighted by molar-refractivity contribution is -0.0139. The van der Waals surface area contributed by atoms with E-state index in [1.807, 2.05) is 0 Å². The zero-order chi connectivity index (χ0) is 31.2. The first kappa shape index (κ1) is 34.7. The quantitative estimate of drug-likeness (QED) is 0.172. The maximum Gasteiger partial charge on any atom is 0.315 e. The Morgan fingerprint density at radius 2 is 1.11 bits per heavy atom. The first-order valence-corrected chi connectivity index (χ1v) is 18.4. The van der Waals surface area contributed by atoms with E-state index >= 15 is 0 Å². The number of hydrogen-bond donors (Lipinski definition) is 3. The van der Waals surface area contributed by atoms with E-state index in [4.69, 9.17) is 50.0 Å². The van der Waals surface area contributed by atoms with Gasteiger partial charge in [0.25, 0.3) is 0 Å². The van der Waals surface area contributed by atoms with Crippen molar-refractivity contribution in [2.75, 3.05) is 26.4 Å². The molecule has 250 valence electrons. The molecule has 0 aromatic rings. The van der Waals surface area contributed by atoms with Gasteiger partial charge in [0.2, 0.25) is 6.08 Å². The molecule has 0 aromatic heterocycles. The second-order valence-corrected chi connectivity index (χ2v) is 17.2. The van der Waals surface area contributed by atoms with Crippen LogP contribution in [0.25, 0.3) is 0 Å². The summed E-state index contributed by atoms with van der Waals surface area (Å²) in [7, 11) is 0. The van der Waals surface area contributed by atoms with Crippen molar-refractivity contribution in [3.8, 4) is 0 Å². The number of hydrogen-bond acceptors (Lipinski definition) is 6. The molecule has 11 heteroatoms. The van der Waals surface area contributed by atoms with Crippen molar-refractivity contribution in [1.29, 1.82) is 0 Å². The molecule has 44 heavy (non-hydrogen) atoms. The van der Waals surface area contributed by atoms with Gasteiger partial charge in [0, 0.05) is 44.1 Å². The summed E-state index contributed by atoms with van der Waals surface area (Å²) < 4.78 is 9.65. The largest absolute Gasteiger partial charge is 0.381 e. The number of rotatable bonds is 3. The fraction of sp³-hybridized carbons (Fsp3) is 0.939. The zero-order valence-corrected chi connectivity index (χ0v) is 28.4. The lowest BCUT2D eigenvalue weighted by Crippen LogP contribution is -2.62. The fourth-order valence-corrected chi connectivity index (χ4v) is 10.6. The third-order valence-corrected chi connectivity index (χ3v) is 11.5. The summed E-state index contributed by atoms with van der Waals surface area (Å²) in [5.41, 5.74) is 5.74. The van der Waals surface area contributed by atoms with Crippen LogP contribution in [0.1, 0.15) is 103 Å². The van der Waals surface area contributed by atoms with Crippen molar-refractivity contribution in [1.82, 2.24) is 10.6 Å². The molecule has 2 saturated heterocycles. The van der Waals surface area contributed by atoms with Crippen molar-refractivity contribution in [3.63, 3.8) is 0 Å². The van der Waals surface area contributed by atoms with E-state index in [-0.39, 0.29) is 17.1 Å². The molecule has 0 atom stereocenters. The number of urea groups is 1. The van der Waals surface area contributed by atoms with Gasteiger partial charge in [-0.15, -0.1) is 0 Å². The minimum absolute atomic E-state index is 0.0521. The monoisotopic (exact) mass is 674 g/mol. The number of ether oxygens (including phenoxy) is 2. The molecule has 2 amide bonds. The van der Waals surface area contributed by atoms with Crippen molar-refractivity contribution < 1.29 is 19.1 Å². The van der Waals surface area contributed by atoms with Crippen LogP contribution in [0.5, 0.6) is 0 Å². The lowest BCUT2D eigenvalue weighted by Gasteiger charge is -2.56. The number of alkyl halides is 3. The van der Waals surface area contributed by atoms with Crippen LogP contribution in [0.2, 0.25) is 0 Å². The van der Waals surface area contributed by atoms with Gasteiger partial charge in [0.15, 0.2) is 4.30 Å². The standard InChI is InChI=1S/C16H26N2O2.C11H15NO.C5H11NO.CHCl3/c19-15(17-14-1-3-20-4-2-14)18-16-8-11-5-12(9-16)7-13(6-11)10-16;13-7-12-11-4-8-1-9(5-11)3-10(2-8)6-11;6-5-1-3-7-4-2-5;2-1(3)4/h11-14H,1-10H2,(H2,17,18,19);8-10H,1-6H2;5H,1-4,6H2;1H. The van der Waals surface area contributed by atoms with Crippen LogP contribution in [0.3, 0.4) is 0 Å². The van der Waals surface area contributed by atoms with Gasteiger partial charge in [-0.3, -0.25) is 0 Å². The molecule has 8 nitrogen and oxygen atoms in total. The predicted octanol–water partition coefficient (Wildman–Crippen LogP) is 6.83. The summed E-state index contributed by atoms with van der Waals surface area (Å²) in [5.74, 6) is 5.27. The highest BCUT2D eigenvalue weighted by Gasteiger charge is 2.52. The number of carbonyl (C=O) groups is 1. The van der Waals surface area contributed by atoms with Crippen LogP contribution < -0.4 is 16.4 Å². The van der Waals surface area contributed by atoms with Crippen molar-refractivity contribution in [2.24, 2.45) is 46.2 Å². The summed E-state index contributed by atoms with van der Waals surface area (Å²) >= 11 is 14.4. The minimum atomic E-state index is -0.750. The Hall–Kier alpha value is -0.600. The molecule has 10 rings (SSSR count). The second kappa shape index (κ2) is 16.0. The Morgan fingerprint density at radius 1 is 0.727 bits per heavy atom. The number of nitrogens with two attached hydrogens (primary N) is 1. The van der Waals surface area contributed by atoms with Crippen molar-refractivity contribution in [3.05, 3.63) is 0 Å². The van der Waals surface area contributed by atoms with Gasteiger partial charge in [-0.25, -0.2) is 9.59 Å². The number of amides is 2. The molecular weight excluding hydrogens is 623 g/mol. The van der Waals surface area contributed by atoms with E-state index < -0.39 is 4.30 Å². The van der Waals surface area contributed by atoms with E-state index in [9.17, 15) is 9.59 Å². The predicted molar refractivity (Wildman–Crippen MR) is 175 cm³/mol. The normalized spacial score (nSPS) is 39.9. The van der Waals surface area contributed by atoms with E-state index in [0.717, 1.165) is 87.6 Å². The number of carbonyl (C=O) groups excluding carboxylic acids is 2. The van der Waals surface area contributed by atoms with E-state index in [1.165, 1.54) is 77.0 Å². The van der Waals surface area contributed by atoms with Gasteiger partial charge in [-0.2, -0.15) is 4.99 Å². The topological polar surface area (TPSA) is 115 Å². The molecule has 8 saturated carbocycles. The Bertz CT molecular complexity index is 909. The molecule has 0 aromatic carbocycles. The van der Waals surface area contributed by atoms with Crippen molar-refractivity contribution in [2.45, 2.75) is 130 Å². The molecule has 2 aliphatic heterocycles. The van der Waals surface area contributed by atoms with Gasteiger partial charge < -0.3 is 25.8 Å². The molecule has 2 heterocycles. The van der Waals surface area contributed by atoms with Crippen molar-refractivity contribution >= 4 is 46.9 Å². The summed E-state index contributed by atoms with van der Waals surface area (Å²) in [6.45, 7) is 3.28. The van der Waals surface area contributed by atoms with Crippen LogP contribution in [-0.4, -0.2) is 66.0 Å². The number of aliphatic imine (C=N–C) groups is 1. The molecule has 0 spiro atoms. The van der Waals surface area contributed by atoms with E-state index in [0.29, 0.717) is 12.1 Å². The molecule has 0 unspecified atom stereocenters. The van der Waals surface area contributed by atoms with Gasteiger partial charge in [0.05, 0.1) is 5.54 Å². The van der Waals surface area contributed by atoms with Crippen LogP contribution in [0.15, 0.2) is 4.99 Å². The average Bonchev–Trinajstić information content (AvgIpc) is 2.93. The third kappa shape index (κ3) is 9.95. The van der Waals surface area contributed by atoms with Gasteiger partial charge >= 0.3 is 6.03 Å². The highest BCUT2D eigenvalue weighted by Crippen LogP contribution is 2.57. The minimum Gasteiger partial charge on any atom is -0.381 e. The van der Waals surface area contributed by atoms with Gasteiger partial charge in [-0.1, -0.05) is 34.8 Å². The number of nitrogens with one attached hydrogen (secondary N) is 2. The molecule has 4 N–H and O–H groups in total. The zero-order valence-electron chi connectivity index (χ0n) is 26.1. The van der Waals surface area contributed by atoms with E-state index in [1.54, 1.807) is 6.08 Å². The van der Waals surface area contributed by atoms with Gasteiger partial charge in [-0.05, 0) is 138 Å². The molecular formula is C33H53Cl3N4O4. The van der Waals surface area contributed by atoms with Gasteiger partial charge in [0.1, 0.15) is 0 Å². The molecule has 10 aliphatic rings. The average molecular weight is 676 g/mol. The summed E-state index contributed by atoms with van der Waals surface area (Å²) in [6, 6.07) is 0.783. The lowest BCUT2D eigenvalue weighted by atomic mass is 9.53. The summed E-state index contributed by atoms with van der Waals surface area (Å²) in [6.07, 6.45) is 21.5. The van der Waals surface area contributed by atoms with Crippen LogP contribution >= 0.6 is 34.8 Å². The maximum atomic E-state index is 12.3. The first-order chi connectivity index (χ1) is 21.1. The molecule has 10 fully saturated rings. The first-order valence-electron chi connectivity index (χ1n) is 17.1. The Morgan fingerprint density at radius 3 is 1.48 bits per heavy atom. The third-order valence-electron chi connectivity index (χ3n) is 11.5. The van der Waals surface area contributed by atoms with E-state index in [2.05, 4.69) is 15.6 Å². The maximum absolute atomic E-state index is 12.3. The highest BCUT2D eigenvalue weighted by molar-refractivity contribution is 6.63. The fourth-order valence-electron chi connectivity index (χ4n) is 10.6. The number of isocyanates is 1.